The van der Waals surface area contributed by atoms with E-state index in [2.05, 4.69) is 26.1 Å². The molecule has 0 aliphatic heterocycles. The minimum Gasteiger partial charge on any atom is -0.363 e. The van der Waals surface area contributed by atoms with Gasteiger partial charge in [-0.05, 0) is 12.8 Å². The maximum absolute atomic E-state index is 11.6. The molecule has 1 aliphatic carbocycles. The van der Waals surface area contributed by atoms with Crippen molar-refractivity contribution in [3.05, 3.63) is 5.01 Å². The minimum atomic E-state index is -0.298. The van der Waals surface area contributed by atoms with Crippen molar-refractivity contribution in [1.82, 2.24) is 20.8 Å². The fourth-order valence-corrected chi connectivity index (χ4v) is 1.92. The van der Waals surface area contributed by atoms with Crippen LogP contribution in [0.3, 0.4) is 0 Å². The van der Waals surface area contributed by atoms with Gasteiger partial charge in [0.25, 0.3) is 5.91 Å². The molecule has 0 radical (unpaired) electrons. The number of hydrogen-bond donors (Lipinski definition) is 3. The van der Waals surface area contributed by atoms with Gasteiger partial charge in [-0.1, -0.05) is 11.3 Å². The van der Waals surface area contributed by atoms with E-state index >= 15 is 0 Å². The van der Waals surface area contributed by atoms with Crippen molar-refractivity contribution in [2.45, 2.75) is 25.3 Å². The molecule has 3 N–H and O–H groups in total. The lowest BCUT2D eigenvalue weighted by molar-refractivity contribution is -0.121. The van der Waals surface area contributed by atoms with Crippen molar-refractivity contribution in [2.75, 3.05) is 18.9 Å². The third-order valence-electron chi connectivity index (χ3n) is 2.41. The fourth-order valence-electron chi connectivity index (χ4n) is 1.31. The molecule has 1 saturated carbocycles. The lowest BCUT2D eigenvalue weighted by Crippen LogP contribution is -2.31. The molecule has 98 valence electrons. The molecule has 2 amide bonds. The molecule has 2 rings (SSSR count). The van der Waals surface area contributed by atoms with Crippen molar-refractivity contribution in [1.29, 1.82) is 0 Å². The second kappa shape index (κ2) is 5.76. The Morgan fingerprint density at radius 1 is 1.39 bits per heavy atom. The maximum Gasteiger partial charge on any atom is 0.282 e. The van der Waals surface area contributed by atoms with E-state index in [-0.39, 0.29) is 11.8 Å². The van der Waals surface area contributed by atoms with E-state index in [0.29, 0.717) is 29.1 Å². The van der Waals surface area contributed by atoms with Crippen molar-refractivity contribution in [2.24, 2.45) is 0 Å². The Balaban J connectivity index is 1.68. The van der Waals surface area contributed by atoms with Crippen LogP contribution in [0.4, 0.5) is 5.13 Å². The minimum absolute atomic E-state index is 0.0222. The van der Waals surface area contributed by atoms with Crippen LogP contribution in [0.1, 0.15) is 29.1 Å². The molecule has 0 atom stereocenters. The predicted octanol–water partition coefficient (Wildman–Crippen LogP) is -0.0217. The molecule has 0 bridgehead atoms. The van der Waals surface area contributed by atoms with Crippen LogP contribution in [0.25, 0.3) is 0 Å². The summed E-state index contributed by atoms with van der Waals surface area (Å²) in [7, 11) is 1.71. The molecule has 0 spiro atoms. The lowest BCUT2D eigenvalue weighted by Gasteiger charge is -2.03. The van der Waals surface area contributed by atoms with Crippen LogP contribution in [0.2, 0.25) is 0 Å². The van der Waals surface area contributed by atoms with Crippen molar-refractivity contribution in [3.63, 3.8) is 0 Å². The lowest BCUT2D eigenvalue weighted by atomic mass is 10.4. The number of nitrogens with zero attached hydrogens (tertiary/aromatic N) is 2. The molecule has 0 saturated heterocycles. The number of anilines is 1. The Labute approximate surface area is 108 Å². The second-order valence-corrected chi connectivity index (χ2v) is 4.99. The van der Waals surface area contributed by atoms with E-state index in [0.717, 1.165) is 12.8 Å². The molecule has 1 aliphatic rings. The van der Waals surface area contributed by atoms with Gasteiger partial charge >= 0.3 is 0 Å². The first-order chi connectivity index (χ1) is 8.69. The summed E-state index contributed by atoms with van der Waals surface area (Å²) in [6, 6.07) is 0.356. The topological polar surface area (TPSA) is 96.0 Å². The largest absolute Gasteiger partial charge is 0.363 e. The van der Waals surface area contributed by atoms with Crippen LogP contribution in [0, 0.1) is 0 Å². The zero-order chi connectivity index (χ0) is 13.0. The summed E-state index contributed by atoms with van der Waals surface area (Å²) < 4.78 is 0. The van der Waals surface area contributed by atoms with Crippen molar-refractivity contribution >= 4 is 28.3 Å². The third kappa shape index (κ3) is 3.66. The van der Waals surface area contributed by atoms with Gasteiger partial charge < -0.3 is 16.0 Å². The van der Waals surface area contributed by atoms with Gasteiger partial charge in [0.2, 0.25) is 16.0 Å². The fraction of sp³-hybridized carbons (Fsp3) is 0.600. The first-order valence-corrected chi connectivity index (χ1v) is 6.59. The average molecular weight is 269 g/mol. The molecule has 1 heterocycles. The summed E-state index contributed by atoms with van der Waals surface area (Å²) in [6.07, 6.45) is 2.42. The van der Waals surface area contributed by atoms with Gasteiger partial charge in [0.15, 0.2) is 0 Å². The van der Waals surface area contributed by atoms with Gasteiger partial charge in [-0.2, -0.15) is 0 Å². The number of hydrogen-bond acceptors (Lipinski definition) is 6. The normalized spacial score (nSPS) is 14.1. The molecular weight excluding hydrogens is 254 g/mol. The van der Waals surface area contributed by atoms with Gasteiger partial charge in [-0.15, -0.1) is 10.2 Å². The molecule has 1 aromatic rings. The molecule has 18 heavy (non-hydrogen) atoms. The Kier molecular flexibility index (Phi) is 4.08. The molecule has 8 heteroatoms. The Bertz CT molecular complexity index is 443. The summed E-state index contributed by atoms with van der Waals surface area (Å²) >= 11 is 1.17. The first-order valence-electron chi connectivity index (χ1n) is 5.78. The van der Waals surface area contributed by atoms with Crippen LogP contribution in [-0.2, 0) is 4.79 Å². The smallest absolute Gasteiger partial charge is 0.282 e. The summed E-state index contributed by atoms with van der Waals surface area (Å²) in [5, 5.41) is 16.7. The molecule has 0 aromatic carbocycles. The monoisotopic (exact) mass is 269 g/mol. The predicted molar refractivity (Wildman–Crippen MR) is 67.6 cm³/mol. The second-order valence-electron chi connectivity index (χ2n) is 4.01. The van der Waals surface area contributed by atoms with Gasteiger partial charge in [-0.3, -0.25) is 9.59 Å². The van der Waals surface area contributed by atoms with E-state index in [1.54, 1.807) is 7.05 Å². The number of rotatable bonds is 6. The molecule has 1 fully saturated rings. The molecule has 1 aromatic heterocycles. The van der Waals surface area contributed by atoms with Crippen LogP contribution < -0.4 is 16.0 Å². The summed E-state index contributed by atoms with van der Waals surface area (Å²) in [5.41, 5.74) is 0. The quantitative estimate of drug-likeness (QED) is 0.674. The summed E-state index contributed by atoms with van der Waals surface area (Å²) in [5.74, 6) is -0.320. The van der Waals surface area contributed by atoms with Crippen LogP contribution in [-0.4, -0.2) is 41.6 Å². The highest BCUT2D eigenvalue weighted by Crippen LogP contribution is 2.18. The number of amides is 2. The van der Waals surface area contributed by atoms with Crippen LogP contribution in [0.5, 0.6) is 0 Å². The van der Waals surface area contributed by atoms with Gasteiger partial charge in [0, 0.05) is 26.1 Å². The highest BCUT2D eigenvalue weighted by atomic mass is 32.1. The molecule has 0 unspecified atom stereocenters. The van der Waals surface area contributed by atoms with Gasteiger partial charge in [0.1, 0.15) is 0 Å². The molecule has 7 nitrogen and oxygen atoms in total. The standard InChI is InChI=1S/C10H15N5O2S/c1-11-10-15-14-9(18-10)8(17)12-5-4-7(16)13-6-2-3-6/h6H,2-5H2,1H3,(H,11,15)(H,12,17)(H,13,16). The van der Waals surface area contributed by atoms with Crippen LogP contribution in [0.15, 0.2) is 0 Å². The number of aromatic nitrogens is 2. The van der Waals surface area contributed by atoms with Crippen molar-refractivity contribution < 1.29 is 9.59 Å². The molecular formula is C10H15N5O2S. The Morgan fingerprint density at radius 3 is 2.78 bits per heavy atom. The zero-order valence-corrected chi connectivity index (χ0v) is 10.8. The highest BCUT2D eigenvalue weighted by molar-refractivity contribution is 7.17. The number of carbonyl (C=O) groups is 2. The average Bonchev–Trinajstić information content (AvgIpc) is 3.03. The third-order valence-corrected chi connectivity index (χ3v) is 3.35. The SMILES string of the molecule is CNc1nnc(C(=O)NCCC(=O)NC2CC2)s1. The summed E-state index contributed by atoms with van der Waals surface area (Å²) in [6.45, 7) is 0.311. The van der Waals surface area contributed by atoms with E-state index in [1.807, 2.05) is 0 Å². The Hall–Kier alpha value is -1.70. The first kappa shape index (κ1) is 12.7. The van der Waals surface area contributed by atoms with Crippen LogP contribution >= 0.6 is 11.3 Å². The highest BCUT2D eigenvalue weighted by Gasteiger charge is 2.22. The maximum atomic E-state index is 11.6. The van der Waals surface area contributed by atoms with Gasteiger partial charge in [0.05, 0.1) is 0 Å². The van der Waals surface area contributed by atoms with E-state index in [1.165, 1.54) is 11.3 Å². The number of carbonyl (C=O) groups excluding carboxylic acids is 2. The Morgan fingerprint density at radius 2 is 2.17 bits per heavy atom. The van der Waals surface area contributed by atoms with E-state index in [4.69, 9.17) is 0 Å². The van der Waals surface area contributed by atoms with Crippen molar-refractivity contribution in [3.8, 4) is 0 Å². The number of nitrogens with one attached hydrogen (secondary N) is 3. The summed E-state index contributed by atoms with van der Waals surface area (Å²) in [4.78, 5) is 23.0. The van der Waals surface area contributed by atoms with E-state index < -0.39 is 0 Å². The van der Waals surface area contributed by atoms with E-state index in [9.17, 15) is 9.59 Å². The van der Waals surface area contributed by atoms with Gasteiger partial charge in [-0.25, -0.2) is 0 Å². The zero-order valence-electron chi connectivity index (χ0n) is 10.0.